The van der Waals surface area contributed by atoms with E-state index >= 15 is 0 Å². The van der Waals surface area contributed by atoms with Gasteiger partial charge in [-0.15, -0.1) is 11.6 Å². The first-order valence-corrected chi connectivity index (χ1v) is 44.4. The molecule has 10 rings (SSSR count). The molecule has 0 aromatic heterocycles. The molecule has 5 amide bonds. The predicted molar refractivity (Wildman–Crippen MR) is 511 cm³/mol. The van der Waals surface area contributed by atoms with Crippen molar-refractivity contribution in [2.24, 2.45) is 0 Å². The number of carbonyl (C=O) groups is 5. The van der Waals surface area contributed by atoms with E-state index in [0.717, 1.165) is 120 Å². The molecule has 0 saturated carbocycles. The van der Waals surface area contributed by atoms with Gasteiger partial charge < -0.3 is 34.3 Å². The number of nitrogens with zero attached hydrogens (tertiary/aromatic N) is 10. The van der Waals surface area contributed by atoms with Gasteiger partial charge >= 0.3 is 0 Å². The van der Waals surface area contributed by atoms with E-state index in [1.54, 1.807) is 89.7 Å². The van der Waals surface area contributed by atoms with Gasteiger partial charge in [0.2, 0.25) is 29.5 Å². The van der Waals surface area contributed by atoms with Crippen molar-refractivity contribution in [3.8, 4) is 5.75 Å². The molecule has 10 aromatic carbocycles. The van der Waals surface area contributed by atoms with Crippen LogP contribution in [0.1, 0.15) is 213 Å². The van der Waals surface area contributed by atoms with Gasteiger partial charge in [-0.25, -0.2) is 4.39 Å². The summed E-state index contributed by atoms with van der Waals surface area (Å²) in [6.45, 7) is 19.3. The summed E-state index contributed by atoms with van der Waals surface area (Å²) in [5.41, 5.74) is 8.88. The molecular weight excluding hydrogens is 1690 g/mol. The fourth-order valence-corrected chi connectivity index (χ4v) is 14.5. The summed E-state index contributed by atoms with van der Waals surface area (Å²) >= 11 is 5.85. The zero-order valence-corrected chi connectivity index (χ0v) is 76.2. The Labute approximate surface area is 773 Å². The zero-order valence-electron chi connectivity index (χ0n) is 75.5. The number of unbranched alkanes of at least 4 members (excludes halogenated alkanes) is 4. The Kier molecular flexibility index (Phi) is 48.0. The molecule has 0 radical (unpaired) electrons. The number of ether oxygens (including phenoxy) is 1. The van der Waals surface area contributed by atoms with E-state index in [-0.39, 0.29) is 134 Å². The Morgan fingerprint density at radius 1 is 0.336 bits per heavy atom. The highest BCUT2D eigenvalue weighted by molar-refractivity contribution is 6.17. The third-order valence-corrected chi connectivity index (χ3v) is 22.2. The summed E-state index contributed by atoms with van der Waals surface area (Å²) in [6, 6.07) is 73.2. The molecule has 0 aliphatic rings. The topological polar surface area (TPSA) is 347 Å². The molecular formula is C102H124ClFN10O17. The maximum atomic E-state index is 13.2. The van der Waals surface area contributed by atoms with Crippen molar-refractivity contribution in [3.63, 3.8) is 0 Å². The largest absolute Gasteiger partial charge is 0.497 e. The number of rotatable bonds is 43. The second-order valence-corrected chi connectivity index (χ2v) is 31.5. The van der Waals surface area contributed by atoms with Gasteiger partial charge in [0.1, 0.15) is 11.6 Å². The van der Waals surface area contributed by atoms with Gasteiger partial charge in [-0.05, 0) is 139 Å². The average Bonchev–Trinajstić information content (AvgIpc) is 0.847. The minimum absolute atomic E-state index is 0. The first-order valence-electron chi connectivity index (χ1n) is 43.9. The van der Waals surface area contributed by atoms with Crippen molar-refractivity contribution in [1.29, 1.82) is 0 Å². The van der Waals surface area contributed by atoms with E-state index in [1.807, 2.05) is 151 Å². The molecule has 0 spiro atoms. The van der Waals surface area contributed by atoms with Gasteiger partial charge in [0.05, 0.1) is 101 Å². The first-order chi connectivity index (χ1) is 62.5. The molecule has 29 heteroatoms. The highest BCUT2D eigenvalue weighted by Crippen LogP contribution is 2.31. The summed E-state index contributed by atoms with van der Waals surface area (Å²) in [7, 11) is 1.62. The number of halogens is 2. The van der Waals surface area contributed by atoms with Crippen molar-refractivity contribution in [1.82, 2.24) is 24.5 Å². The number of aliphatic hydroxyl groups is 1. The van der Waals surface area contributed by atoms with Crippen LogP contribution in [-0.2, 0) is 56.1 Å². The van der Waals surface area contributed by atoms with Crippen molar-refractivity contribution in [3.05, 3.63) is 373 Å². The number of hydrogen-bond acceptors (Lipinski definition) is 17. The summed E-state index contributed by atoms with van der Waals surface area (Å²) in [5.74, 6) is 0.867. The Balaban J connectivity index is 0.000000289. The smallest absolute Gasteiger partial charge is 0.269 e. The number of benzene rings is 10. The summed E-state index contributed by atoms with van der Waals surface area (Å²) in [6.07, 6.45) is 10.0. The number of hydrogen-bond donors (Lipinski definition) is 1. The highest BCUT2D eigenvalue weighted by atomic mass is 35.5. The molecule has 5 atom stereocenters. The molecule has 27 nitrogen and oxygen atoms in total. The monoisotopic (exact) mass is 1810 g/mol. The molecule has 1 N–H and O–H groups in total. The maximum Gasteiger partial charge on any atom is 0.269 e. The Bertz CT molecular complexity index is 5010. The number of amides is 5. The van der Waals surface area contributed by atoms with Gasteiger partial charge in [-0.3, -0.25) is 74.5 Å². The standard InChI is InChI=1S/C21H26N2O4.C20H23ClN2O3.C20H23FN2O3.C20H24N2O4.C20H24N2O3.CH4/c1-4-5-14-22(16(2)18-8-12-20(27-3)13-9-18)21(24)15-17-6-10-19(11-7-17)23(25)26;1-2-19(17-7-4-3-5-8-17)22(14-6-13-21)20(24)15-16-9-11-18(12-10-16)23(25)26;1-3-4-13-22(15(2)17-7-9-18(21)10-8-17)20(24)14-16-5-11-19(12-6-16)23(25)26;1-2-3-13-21(19(15-23)17-7-5-4-6-8-17)20(24)14-16-9-11-18(12-10-16)22(25)26;1-3-4-14-21(16(2)18-8-6-5-7-9-18)20(23)15-17-10-12-19(13-11-17)22(24)25;/h6-13,16H,4-5,14-15H2,1-3H3;3-5,7-12,19H,2,6,13-15H2,1H3;5-12,15H,3-4,13-14H2,1-2H3;4-12,19,23H,2-3,13-15H2,1H3;5-13,16H,3-4,14-15H2,1-2H3;1H4/t16-;19-;15-;19-;16-;/m00000./s1. The fourth-order valence-electron chi connectivity index (χ4n) is 14.4. The first kappa shape index (κ1) is 108. The highest BCUT2D eigenvalue weighted by Gasteiger charge is 2.29. The van der Waals surface area contributed by atoms with Crippen molar-refractivity contribution >= 4 is 69.6 Å². The molecule has 0 fully saturated rings. The lowest BCUT2D eigenvalue weighted by Gasteiger charge is -2.32. The average molecular weight is 1820 g/mol. The van der Waals surface area contributed by atoms with Crippen LogP contribution in [-0.4, -0.2) is 136 Å². The third kappa shape index (κ3) is 35.8. The lowest BCUT2D eigenvalue weighted by Crippen LogP contribution is -2.38. The Morgan fingerprint density at radius 2 is 0.565 bits per heavy atom. The van der Waals surface area contributed by atoms with Gasteiger partial charge in [0.15, 0.2) is 0 Å². The minimum Gasteiger partial charge on any atom is -0.497 e. The molecule has 131 heavy (non-hydrogen) atoms. The van der Waals surface area contributed by atoms with Crippen LogP contribution in [0.15, 0.2) is 261 Å². The molecule has 0 bridgehead atoms. The predicted octanol–water partition coefficient (Wildman–Crippen LogP) is 22.6. The van der Waals surface area contributed by atoms with Crippen molar-refractivity contribution in [2.75, 3.05) is 52.3 Å². The van der Waals surface area contributed by atoms with Crippen LogP contribution >= 0.6 is 11.6 Å². The molecule has 0 heterocycles. The van der Waals surface area contributed by atoms with Gasteiger partial charge in [-0.2, -0.15) is 0 Å². The van der Waals surface area contributed by atoms with Crippen LogP contribution in [0.25, 0.3) is 0 Å². The second kappa shape index (κ2) is 58.2. The lowest BCUT2D eigenvalue weighted by atomic mass is 10.0. The number of alkyl halides is 1. The van der Waals surface area contributed by atoms with Gasteiger partial charge in [0.25, 0.3) is 28.4 Å². The number of nitro benzene ring substituents is 5. The molecule has 698 valence electrons. The fraction of sp³-hybridized carbons (Fsp3) is 0.363. The quantitative estimate of drug-likeness (QED) is 0.0211. The summed E-state index contributed by atoms with van der Waals surface area (Å²) in [4.78, 5) is 125. The zero-order chi connectivity index (χ0) is 95.0. The lowest BCUT2D eigenvalue weighted by molar-refractivity contribution is -0.385. The molecule has 0 unspecified atom stereocenters. The van der Waals surface area contributed by atoms with E-state index < -0.39 is 30.7 Å². The van der Waals surface area contributed by atoms with Gasteiger partial charge in [0, 0.05) is 99.3 Å². The number of carbonyl (C=O) groups excluding carboxylic acids is 5. The SMILES string of the molecule is C.CCCCN(C(=O)Cc1ccc([N+](=O)[O-])cc1)[C@@H](C)c1ccc(F)cc1.CCCCN(C(=O)Cc1ccc([N+](=O)[O-])cc1)[C@@H](C)c1ccc(OC)cc1.CCCCN(C(=O)Cc1ccc([N+](=O)[O-])cc1)[C@@H](C)c1ccccc1.CCCCN(C(=O)Cc1ccc([N+](=O)[O-])cc1)[C@@H](CO)c1ccccc1.CC[C@@H](c1ccccc1)N(CCCCl)C(=O)Cc1ccc([N+](=O)[O-])cc1. The van der Waals surface area contributed by atoms with Crippen LogP contribution in [0.3, 0.4) is 0 Å². The van der Waals surface area contributed by atoms with E-state index in [0.29, 0.717) is 44.2 Å². The third-order valence-electron chi connectivity index (χ3n) is 22.0. The van der Waals surface area contributed by atoms with Crippen molar-refractivity contribution < 1.29 is 62.8 Å². The molecule has 0 aliphatic carbocycles. The normalized spacial score (nSPS) is 11.7. The summed E-state index contributed by atoms with van der Waals surface area (Å²) < 4.78 is 18.4. The Morgan fingerprint density at radius 3 is 0.809 bits per heavy atom. The van der Waals surface area contributed by atoms with Gasteiger partial charge in [-0.1, -0.05) is 244 Å². The van der Waals surface area contributed by atoms with Crippen LogP contribution in [0.2, 0.25) is 0 Å². The van der Waals surface area contributed by atoms with E-state index in [4.69, 9.17) is 16.3 Å². The maximum absolute atomic E-state index is 13.2. The van der Waals surface area contributed by atoms with Crippen LogP contribution in [0.5, 0.6) is 5.75 Å². The Hall–Kier alpha value is -13.5. The van der Waals surface area contributed by atoms with E-state index in [1.165, 1.54) is 72.8 Å². The number of methoxy groups -OCH3 is 1. The van der Waals surface area contributed by atoms with E-state index in [9.17, 15) is 84.0 Å². The number of non-ortho nitro benzene ring substituents is 5. The molecule has 10 aromatic rings. The van der Waals surface area contributed by atoms with Crippen molar-refractivity contribution in [2.45, 2.75) is 189 Å². The second-order valence-electron chi connectivity index (χ2n) is 31.1. The summed E-state index contributed by atoms with van der Waals surface area (Å²) in [5, 5.41) is 63.7. The molecule has 0 saturated heterocycles. The van der Waals surface area contributed by atoms with Crippen LogP contribution < -0.4 is 4.74 Å². The molecule has 0 aliphatic heterocycles. The number of nitro groups is 5. The van der Waals surface area contributed by atoms with Crippen LogP contribution in [0.4, 0.5) is 32.8 Å². The minimum atomic E-state index is -0.463. The van der Waals surface area contributed by atoms with E-state index in [2.05, 4.69) is 34.6 Å². The number of aliphatic hydroxyl groups excluding tert-OH is 1. The van der Waals surface area contributed by atoms with Crippen LogP contribution in [0, 0.1) is 56.4 Å².